The number of likely N-dealkylation sites (tertiary alicyclic amines) is 1. The Kier molecular flexibility index (Phi) is 4.33. The number of benzene rings is 2. The third-order valence-corrected chi connectivity index (χ3v) is 5.64. The van der Waals surface area contributed by atoms with Gasteiger partial charge in [-0.15, -0.1) is 5.10 Å². The Morgan fingerprint density at radius 1 is 0.963 bits per heavy atom. The zero-order chi connectivity index (χ0) is 18.1. The van der Waals surface area contributed by atoms with Gasteiger partial charge in [-0.1, -0.05) is 34.6 Å². The summed E-state index contributed by atoms with van der Waals surface area (Å²) in [6.45, 7) is 4.24. The minimum Gasteiger partial charge on any atom is -0.356 e. The Hall–Kier alpha value is -2.73. The maximum atomic E-state index is 5.49. The SMILES string of the molecule is c1ccc2c(c1)nnn2CCCN1CCC(c2noc3ccccc23)CC1. The Labute approximate surface area is 157 Å². The van der Waals surface area contributed by atoms with Crippen molar-refractivity contribution in [3.8, 4) is 0 Å². The van der Waals surface area contributed by atoms with Gasteiger partial charge in [-0.25, -0.2) is 4.68 Å². The molecular weight excluding hydrogens is 338 g/mol. The fraction of sp³-hybridized carbons (Fsp3) is 0.381. The molecule has 3 heterocycles. The molecule has 1 saturated heterocycles. The first kappa shape index (κ1) is 16.4. The molecule has 6 nitrogen and oxygen atoms in total. The lowest BCUT2D eigenvalue weighted by Crippen LogP contribution is -2.34. The van der Waals surface area contributed by atoms with Crippen LogP contribution in [0.2, 0.25) is 0 Å². The summed E-state index contributed by atoms with van der Waals surface area (Å²) in [6, 6.07) is 16.3. The van der Waals surface area contributed by atoms with Gasteiger partial charge >= 0.3 is 0 Å². The lowest BCUT2D eigenvalue weighted by atomic mass is 9.91. The van der Waals surface area contributed by atoms with Crippen molar-refractivity contribution in [3.05, 3.63) is 54.2 Å². The fourth-order valence-electron chi connectivity index (χ4n) is 4.16. The fourth-order valence-corrected chi connectivity index (χ4v) is 4.16. The molecule has 0 amide bonds. The monoisotopic (exact) mass is 361 g/mol. The summed E-state index contributed by atoms with van der Waals surface area (Å²) in [4.78, 5) is 2.55. The van der Waals surface area contributed by atoms with Crippen LogP contribution in [0.3, 0.4) is 0 Å². The van der Waals surface area contributed by atoms with Gasteiger partial charge in [0.2, 0.25) is 0 Å². The zero-order valence-corrected chi connectivity index (χ0v) is 15.3. The van der Waals surface area contributed by atoms with Crippen LogP contribution in [-0.4, -0.2) is 44.7 Å². The third-order valence-electron chi connectivity index (χ3n) is 5.64. The Morgan fingerprint density at radius 2 is 1.78 bits per heavy atom. The van der Waals surface area contributed by atoms with E-state index in [-0.39, 0.29) is 0 Å². The van der Waals surface area contributed by atoms with E-state index >= 15 is 0 Å². The molecule has 1 aliphatic rings. The van der Waals surface area contributed by atoms with Crippen LogP contribution < -0.4 is 0 Å². The summed E-state index contributed by atoms with van der Waals surface area (Å²) in [5, 5.41) is 14.0. The van der Waals surface area contributed by atoms with Gasteiger partial charge in [0.15, 0.2) is 5.58 Å². The summed E-state index contributed by atoms with van der Waals surface area (Å²) in [7, 11) is 0. The lowest BCUT2D eigenvalue weighted by Gasteiger charge is -2.31. The second kappa shape index (κ2) is 7.12. The van der Waals surface area contributed by atoms with E-state index < -0.39 is 0 Å². The highest BCUT2D eigenvalue weighted by molar-refractivity contribution is 5.79. The Morgan fingerprint density at radius 3 is 2.70 bits per heavy atom. The highest BCUT2D eigenvalue weighted by Crippen LogP contribution is 2.32. The predicted molar refractivity (Wildman–Crippen MR) is 105 cm³/mol. The molecule has 0 spiro atoms. The van der Waals surface area contributed by atoms with E-state index in [2.05, 4.69) is 38.6 Å². The standard InChI is InChI=1S/C21H23N5O/c1-4-9-20-17(6-1)21(23-27-20)16-10-14-25(15-11-16)12-5-13-26-19-8-3-2-7-18(19)22-24-26/h1-4,6-9,16H,5,10-15H2. The van der Waals surface area contributed by atoms with Crippen molar-refractivity contribution in [2.75, 3.05) is 19.6 Å². The number of piperidine rings is 1. The van der Waals surface area contributed by atoms with E-state index in [9.17, 15) is 0 Å². The quantitative estimate of drug-likeness (QED) is 0.540. The summed E-state index contributed by atoms with van der Waals surface area (Å²) in [6.07, 6.45) is 3.37. The predicted octanol–water partition coefficient (Wildman–Crippen LogP) is 3.84. The minimum absolute atomic E-state index is 0.504. The van der Waals surface area contributed by atoms with Crippen molar-refractivity contribution >= 4 is 22.0 Å². The molecule has 2 aromatic carbocycles. The first-order chi connectivity index (χ1) is 13.4. The number of rotatable bonds is 5. The maximum absolute atomic E-state index is 5.49. The highest BCUT2D eigenvalue weighted by atomic mass is 16.5. The molecular formula is C21H23N5O. The van der Waals surface area contributed by atoms with Crippen LogP contribution in [0.15, 0.2) is 53.1 Å². The number of nitrogens with zero attached hydrogens (tertiary/aromatic N) is 5. The molecule has 0 bridgehead atoms. The van der Waals surface area contributed by atoms with Crippen LogP contribution in [0.5, 0.6) is 0 Å². The summed E-state index contributed by atoms with van der Waals surface area (Å²) < 4.78 is 7.51. The number of para-hydroxylation sites is 2. The summed E-state index contributed by atoms with van der Waals surface area (Å²) in [5.41, 5.74) is 4.13. The van der Waals surface area contributed by atoms with Gasteiger partial charge in [-0.2, -0.15) is 0 Å². The number of hydrogen-bond donors (Lipinski definition) is 0. The van der Waals surface area contributed by atoms with Crippen LogP contribution in [0.4, 0.5) is 0 Å². The molecule has 0 saturated carbocycles. The van der Waals surface area contributed by atoms with Crippen molar-refractivity contribution in [1.82, 2.24) is 25.1 Å². The molecule has 0 N–H and O–H groups in total. The van der Waals surface area contributed by atoms with Gasteiger partial charge in [0.25, 0.3) is 0 Å². The smallest absolute Gasteiger partial charge is 0.167 e. The molecule has 138 valence electrons. The van der Waals surface area contributed by atoms with E-state index in [0.29, 0.717) is 5.92 Å². The van der Waals surface area contributed by atoms with E-state index in [0.717, 1.165) is 67.8 Å². The first-order valence-corrected chi connectivity index (χ1v) is 9.73. The first-order valence-electron chi connectivity index (χ1n) is 9.73. The van der Waals surface area contributed by atoms with Gasteiger partial charge in [0.1, 0.15) is 5.52 Å². The second-order valence-electron chi connectivity index (χ2n) is 7.33. The minimum atomic E-state index is 0.504. The number of fused-ring (bicyclic) bond motifs is 2. The second-order valence-corrected chi connectivity index (χ2v) is 7.33. The normalized spacial score (nSPS) is 16.4. The number of hydrogen-bond acceptors (Lipinski definition) is 5. The molecule has 6 heteroatoms. The van der Waals surface area contributed by atoms with Crippen molar-refractivity contribution in [2.45, 2.75) is 31.7 Å². The molecule has 0 radical (unpaired) electrons. The largest absolute Gasteiger partial charge is 0.356 e. The van der Waals surface area contributed by atoms with E-state index in [4.69, 9.17) is 4.52 Å². The lowest BCUT2D eigenvalue weighted by molar-refractivity contribution is 0.203. The molecule has 0 atom stereocenters. The van der Waals surface area contributed by atoms with E-state index in [1.165, 1.54) is 5.39 Å². The molecule has 0 unspecified atom stereocenters. The van der Waals surface area contributed by atoms with E-state index in [1.807, 2.05) is 35.0 Å². The van der Waals surface area contributed by atoms with Gasteiger partial charge in [0.05, 0.1) is 11.2 Å². The summed E-state index contributed by atoms with van der Waals surface area (Å²) in [5.74, 6) is 0.504. The van der Waals surface area contributed by atoms with Crippen LogP contribution in [0.1, 0.15) is 30.9 Å². The molecule has 27 heavy (non-hydrogen) atoms. The number of aromatic nitrogens is 4. The van der Waals surface area contributed by atoms with Crippen LogP contribution in [0.25, 0.3) is 22.0 Å². The van der Waals surface area contributed by atoms with Gasteiger partial charge in [0, 0.05) is 17.8 Å². The van der Waals surface area contributed by atoms with Crippen molar-refractivity contribution in [3.63, 3.8) is 0 Å². The average Bonchev–Trinajstić information content (AvgIpc) is 3.33. The number of aryl methyl sites for hydroxylation is 1. The molecule has 1 fully saturated rings. The van der Waals surface area contributed by atoms with Crippen molar-refractivity contribution < 1.29 is 4.52 Å². The Balaban J connectivity index is 1.15. The van der Waals surface area contributed by atoms with Crippen LogP contribution >= 0.6 is 0 Å². The summed E-state index contributed by atoms with van der Waals surface area (Å²) >= 11 is 0. The maximum Gasteiger partial charge on any atom is 0.167 e. The molecule has 1 aliphatic heterocycles. The van der Waals surface area contributed by atoms with Crippen LogP contribution in [0, 0.1) is 0 Å². The van der Waals surface area contributed by atoms with Crippen molar-refractivity contribution in [2.24, 2.45) is 0 Å². The van der Waals surface area contributed by atoms with Gasteiger partial charge in [-0.3, -0.25) is 0 Å². The topological polar surface area (TPSA) is 60.0 Å². The highest BCUT2D eigenvalue weighted by Gasteiger charge is 2.24. The Bertz CT molecular complexity index is 1040. The third kappa shape index (κ3) is 3.21. The average molecular weight is 361 g/mol. The van der Waals surface area contributed by atoms with Gasteiger partial charge < -0.3 is 9.42 Å². The van der Waals surface area contributed by atoms with Crippen molar-refractivity contribution in [1.29, 1.82) is 0 Å². The molecule has 0 aliphatic carbocycles. The molecule has 2 aromatic heterocycles. The van der Waals surface area contributed by atoms with Crippen LogP contribution in [-0.2, 0) is 6.54 Å². The van der Waals surface area contributed by atoms with Gasteiger partial charge in [-0.05, 0) is 63.2 Å². The zero-order valence-electron chi connectivity index (χ0n) is 15.3. The van der Waals surface area contributed by atoms with E-state index in [1.54, 1.807) is 0 Å². The molecule has 4 aromatic rings. The molecule has 5 rings (SSSR count).